The number of Topliss-reactive ketones (excluding diaryl/α,β-unsaturated/α-hetero) is 1. The minimum Gasteiger partial charge on any atom is -0.493 e. The van der Waals surface area contributed by atoms with Crippen molar-refractivity contribution in [2.75, 3.05) is 33.9 Å². The molecule has 0 saturated carbocycles. The van der Waals surface area contributed by atoms with E-state index in [0.29, 0.717) is 17.1 Å². The van der Waals surface area contributed by atoms with E-state index in [1.54, 1.807) is 26.4 Å². The van der Waals surface area contributed by atoms with Crippen LogP contribution < -0.4 is 9.47 Å². The lowest BCUT2D eigenvalue weighted by Gasteiger charge is -2.33. The van der Waals surface area contributed by atoms with Crippen LogP contribution in [0.3, 0.4) is 0 Å². The number of methoxy groups -OCH3 is 2. The van der Waals surface area contributed by atoms with Crippen molar-refractivity contribution >= 4 is 5.78 Å². The third-order valence-corrected chi connectivity index (χ3v) is 9.02. The van der Waals surface area contributed by atoms with Gasteiger partial charge in [0.2, 0.25) is 0 Å². The van der Waals surface area contributed by atoms with Gasteiger partial charge in [-0.3, -0.25) is 4.79 Å². The van der Waals surface area contributed by atoms with E-state index in [1.165, 1.54) is 57.1 Å². The first-order chi connectivity index (χ1) is 20.5. The normalized spacial score (nSPS) is 15.6. The highest BCUT2D eigenvalue weighted by molar-refractivity contribution is 5.97. The SMILES string of the molecule is CCCCCCCCCCCC(C#N)(CCCN1CCC(C(=O)c2ccc(F)cc2)CC1)c1ccc(OC)c(OC)c1. The predicted molar refractivity (Wildman–Crippen MR) is 168 cm³/mol. The highest BCUT2D eigenvalue weighted by Crippen LogP contribution is 2.39. The van der Waals surface area contributed by atoms with Gasteiger partial charge in [0.05, 0.1) is 25.7 Å². The molecule has 2 aromatic carbocycles. The van der Waals surface area contributed by atoms with Crippen LogP contribution in [0.15, 0.2) is 42.5 Å². The number of benzene rings is 2. The summed E-state index contributed by atoms with van der Waals surface area (Å²) in [4.78, 5) is 15.3. The van der Waals surface area contributed by atoms with Crippen LogP contribution in [0.5, 0.6) is 11.5 Å². The fraction of sp³-hybridized carbons (Fsp3) is 0.611. The number of piperidine rings is 1. The van der Waals surface area contributed by atoms with Gasteiger partial charge in [-0.1, -0.05) is 70.8 Å². The average Bonchev–Trinajstić information content (AvgIpc) is 3.03. The molecule has 1 heterocycles. The van der Waals surface area contributed by atoms with Crippen molar-refractivity contribution in [3.05, 3.63) is 59.4 Å². The molecule has 1 aliphatic heterocycles. The fourth-order valence-corrected chi connectivity index (χ4v) is 6.33. The van der Waals surface area contributed by atoms with Crippen molar-refractivity contribution in [2.24, 2.45) is 5.92 Å². The molecule has 2 aromatic rings. The number of halogens is 1. The van der Waals surface area contributed by atoms with E-state index < -0.39 is 5.41 Å². The lowest BCUT2D eigenvalue weighted by atomic mass is 9.74. The zero-order chi connectivity index (χ0) is 30.2. The maximum absolute atomic E-state index is 13.3. The molecular weight excluding hydrogens is 527 g/mol. The van der Waals surface area contributed by atoms with Crippen LogP contribution in [0.25, 0.3) is 0 Å². The van der Waals surface area contributed by atoms with Gasteiger partial charge >= 0.3 is 0 Å². The van der Waals surface area contributed by atoms with E-state index in [4.69, 9.17) is 9.47 Å². The molecule has 1 atom stereocenters. The molecule has 0 amide bonds. The van der Waals surface area contributed by atoms with Crippen molar-refractivity contribution in [3.63, 3.8) is 0 Å². The zero-order valence-electron chi connectivity index (χ0n) is 26.1. The van der Waals surface area contributed by atoms with Crippen LogP contribution in [0, 0.1) is 23.1 Å². The summed E-state index contributed by atoms with van der Waals surface area (Å²) in [6.07, 6.45) is 15.5. The molecule has 0 aliphatic carbocycles. The molecule has 230 valence electrons. The predicted octanol–water partition coefficient (Wildman–Crippen LogP) is 8.90. The number of carbonyl (C=O) groups excluding carboxylic acids is 1. The number of ether oxygens (including phenoxy) is 2. The monoisotopic (exact) mass is 578 g/mol. The Morgan fingerprint density at radius 1 is 0.881 bits per heavy atom. The van der Waals surface area contributed by atoms with Crippen LogP contribution in [0.2, 0.25) is 0 Å². The molecule has 1 fully saturated rings. The first-order valence-electron chi connectivity index (χ1n) is 16.1. The maximum atomic E-state index is 13.3. The van der Waals surface area contributed by atoms with Gasteiger partial charge in [-0.15, -0.1) is 0 Å². The van der Waals surface area contributed by atoms with Gasteiger partial charge in [-0.25, -0.2) is 4.39 Å². The summed E-state index contributed by atoms with van der Waals surface area (Å²) >= 11 is 0. The van der Waals surface area contributed by atoms with Crippen molar-refractivity contribution in [2.45, 2.75) is 102 Å². The summed E-state index contributed by atoms with van der Waals surface area (Å²) in [5.74, 6) is 1.13. The van der Waals surface area contributed by atoms with Crippen LogP contribution in [0.1, 0.15) is 113 Å². The average molecular weight is 579 g/mol. The van der Waals surface area contributed by atoms with E-state index in [0.717, 1.165) is 70.1 Å². The van der Waals surface area contributed by atoms with Gasteiger partial charge in [0.25, 0.3) is 0 Å². The van der Waals surface area contributed by atoms with E-state index in [2.05, 4.69) is 17.9 Å². The third-order valence-electron chi connectivity index (χ3n) is 9.02. The molecule has 1 saturated heterocycles. The first kappa shape index (κ1) is 33.6. The molecule has 3 rings (SSSR count). The van der Waals surface area contributed by atoms with Crippen molar-refractivity contribution in [3.8, 4) is 17.6 Å². The minimum absolute atomic E-state index is 0.0108. The highest BCUT2D eigenvalue weighted by Gasteiger charge is 2.33. The summed E-state index contributed by atoms with van der Waals surface area (Å²) in [6, 6.07) is 14.6. The van der Waals surface area contributed by atoms with Crippen molar-refractivity contribution in [1.82, 2.24) is 4.90 Å². The Morgan fingerprint density at radius 3 is 2.07 bits per heavy atom. The number of hydrogen-bond acceptors (Lipinski definition) is 5. The Morgan fingerprint density at radius 2 is 1.48 bits per heavy atom. The highest BCUT2D eigenvalue weighted by atomic mass is 19.1. The number of hydrogen-bond donors (Lipinski definition) is 0. The van der Waals surface area contributed by atoms with Gasteiger partial charge < -0.3 is 14.4 Å². The molecule has 1 unspecified atom stereocenters. The fourth-order valence-electron chi connectivity index (χ4n) is 6.33. The zero-order valence-corrected chi connectivity index (χ0v) is 26.1. The molecule has 0 radical (unpaired) electrons. The van der Waals surface area contributed by atoms with E-state index in [9.17, 15) is 14.4 Å². The smallest absolute Gasteiger partial charge is 0.166 e. The van der Waals surface area contributed by atoms with Gasteiger partial charge in [0.15, 0.2) is 17.3 Å². The quantitative estimate of drug-likeness (QED) is 0.123. The Balaban J connectivity index is 1.56. The summed E-state index contributed by atoms with van der Waals surface area (Å²) in [7, 11) is 3.27. The minimum atomic E-state index is -0.572. The lowest BCUT2D eigenvalue weighted by molar-refractivity contribution is 0.0838. The van der Waals surface area contributed by atoms with E-state index in [1.807, 2.05) is 18.2 Å². The summed E-state index contributed by atoms with van der Waals surface area (Å²) in [6.45, 7) is 4.89. The Kier molecular flexibility index (Phi) is 14.3. The number of rotatable bonds is 19. The topological polar surface area (TPSA) is 62.6 Å². The van der Waals surface area contributed by atoms with Crippen LogP contribution in [-0.4, -0.2) is 44.5 Å². The largest absolute Gasteiger partial charge is 0.493 e. The second-order valence-corrected chi connectivity index (χ2v) is 11.9. The molecule has 0 spiro atoms. The van der Waals surface area contributed by atoms with Crippen LogP contribution in [0.4, 0.5) is 4.39 Å². The van der Waals surface area contributed by atoms with Gasteiger partial charge in [-0.2, -0.15) is 5.26 Å². The first-order valence-corrected chi connectivity index (χ1v) is 16.1. The number of nitrogens with zero attached hydrogens (tertiary/aromatic N) is 2. The Hall–Kier alpha value is -2.91. The molecule has 42 heavy (non-hydrogen) atoms. The summed E-state index contributed by atoms with van der Waals surface area (Å²) in [5.41, 5.74) is 1.03. The molecular formula is C36H51FN2O3. The van der Waals surface area contributed by atoms with Gasteiger partial charge in [0.1, 0.15) is 5.82 Å². The number of unbranched alkanes of at least 4 members (excludes halogenated alkanes) is 8. The second kappa shape index (κ2) is 17.9. The van der Waals surface area contributed by atoms with Crippen LogP contribution in [-0.2, 0) is 5.41 Å². The van der Waals surface area contributed by atoms with Crippen LogP contribution >= 0.6 is 0 Å². The molecule has 0 aromatic heterocycles. The third kappa shape index (κ3) is 9.83. The van der Waals surface area contributed by atoms with Crippen molar-refractivity contribution in [1.29, 1.82) is 5.26 Å². The number of nitriles is 1. The molecule has 1 aliphatic rings. The molecule has 0 bridgehead atoms. The van der Waals surface area contributed by atoms with Gasteiger partial charge in [0, 0.05) is 11.5 Å². The molecule has 0 N–H and O–H groups in total. The number of ketones is 1. The maximum Gasteiger partial charge on any atom is 0.166 e. The standard InChI is InChI=1S/C36H51FN2O3/c1-4-5-6-7-8-9-10-11-12-22-36(28-38,31-16-19-33(41-2)34(27-31)42-3)23-13-24-39-25-20-30(21-26-39)35(40)29-14-17-32(37)18-15-29/h14-19,27,30H,4-13,20-26H2,1-3H3. The molecule has 5 nitrogen and oxygen atoms in total. The van der Waals surface area contributed by atoms with Crippen molar-refractivity contribution < 1.29 is 18.7 Å². The summed E-state index contributed by atoms with van der Waals surface area (Å²) < 4.78 is 24.3. The molecule has 6 heteroatoms. The Bertz CT molecular complexity index is 1120. The van der Waals surface area contributed by atoms with Gasteiger partial charge in [-0.05, 0) is 93.7 Å². The lowest BCUT2D eigenvalue weighted by Crippen LogP contribution is -2.37. The van der Waals surface area contributed by atoms with E-state index in [-0.39, 0.29) is 17.5 Å². The second-order valence-electron chi connectivity index (χ2n) is 11.9. The number of carbonyl (C=O) groups is 1. The number of likely N-dealkylation sites (tertiary alicyclic amines) is 1. The Labute approximate surface area is 253 Å². The van der Waals surface area contributed by atoms with E-state index >= 15 is 0 Å². The summed E-state index contributed by atoms with van der Waals surface area (Å²) in [5, 5.41) is 10.6.